The van der Waals surface area contributed by atoms with E-state index in [0.29, 0.717) is 0 Å². The van der Waals surface area contributed by atoms with Crippen LogP contribution < -0.4 is 4.90 Å². The minimum Gasteiger partial charge on any atom is -0.328 e. The molecule has 4 rings (SSSR count). The zero-order valence-corrected chi connectivity index (χ0v) is 14.0. The van der Waals surface area contributed by atoms with E-state index in [4.69, 9.17) is 0 Å². The van der Waals surface area contributed by atoms with Crippen molar-refractivity contribution >= 4 is 23.1 Å². The van der Waals surface area contributed by atoms with Gasteiger partial charge in [0.05, 0.1) is 24.5 Å². The number of hydrogen-bond acceptors (Lipinski definition) is 3. The summed E-state index contributed by atoms with van der Waals surface area (Å²) in [6.07, 6.45) is 2.65. The van der Waals surface area contributed by atoms with Crippen LogP contribution in [0.15, 0.2) is 58.3 Å². The van der Waals surface area contributed by atoms with Crippen molar-refractivity contribution in [2.45, 2.75) is 22.6 Å². The van der Waals surface area contributed by atoms with Gasteiger partial charge in [-0.3, -0.25) is 4.90 Å². The summed E-state index contributed by atoms with van der Waals surface area (Å²) in [6.45, 7) is 4.08. The van der Waals surface area contributed by atoms with Gasteiger partial charge >= 0.3 is 0 Å². The Balaban J connectivity index is 1.56. The molecule has 2 nitrogen and oxygen atoms in total. The van der Waals surface area contributed by atoms with Gasteiger partial charge in [-0.05, 0) is 50.2 Å². The van der Waals surface area contributed by atoms with Gasteiger partial charge in [-0.15, -0.1) is 0 Å². The van der Waals surface area contributed by atoms with E-state index < -0.39 is 0 Å². The van der Waals surface area contributed by atoms with Crippen LogP contribution in [0.1, 0.15) is 12.8 Å². The smallest absolute Gasteiger partial charge is 0.0844 e. The first-order chi connectivity index (χ1) is 11.4. The monoisotopic (exact) mass is 320 g/mol. The number of nitrogens with zero attached hydrogens (tertiary/aromatic N) is 2. The van der Waals surface area contributed by atoms with Gasteiger partial charge in [0.1, 0.15) is 0 Å². The summed E-state index contributed by atoms with van der Waals surface area (Å²) in [5.41, 5.74) is 2.54. The van der Waals surface area contributed by atoms with Crippen LogP contribution in [0.5, 0.6) is 0 Å². The lowest BCUT2D eigenvalue weighted by Crippen LogP contribution is -2.22. The first-order valence-corrected chi connectivity index (χ1v) is 9.05. The Morgan fingerprint density at radius 2 is 1.35 bits per heavy atom. The van der Waals surface area contributed by atoms with Gasteiger partial charge in [-0.25, -0.2) is 0 Å². The summed E-state index contributed by atoms with van der Waals surface area (Å²) in [5, 5.41) is 0. The Bertz CT molecular complexity index is 708. The van der Waals surface area contributed by atoms with Crippen LogP contribution in [0.2, 0.25) is 0 Å². The molecule has 2 heterocycles. The molecule has 0 N–H and O–H groups in total. The Kier molecular flexibility index (Phi) is 4.28. The third kappa shape index (κ3) is 3.10. The Morgan fingerprint density at radius 3 is 2.00 bits per heavy atom. The molecule has 0 bridgehead atoms. The topological polar surface area (TPSA) is 6.48 Å². The van der Waals surface area contributed by atoms with E-state index in [-0.39, 0.29) is 0 Å². The molecule has 0 spiro atoms. The average molecular weight is 320 g/mol. The fourth-order valence-corrected chi connectivity index (χ4v) is 4.29. The first kappa shape index (κ1) is 14.7. The molecule has 2 aromatic carbocycles. The van der Waals surface area contributed by atoms with Crippen LogP contribution in [0, 0.1) is 11.8 Å². The Hall–Kier alpha value is -1.89. The maximum absolute atomic E-state index is 3.39. The summed E-state index contributed by atoms with van der Waals surface area (Å²) in [5.74, 6) is 6.75. The number of para-hydroxylation sites is 2. The zero-order chi connectivity index (χ0) is 15.5. The SMILES string of the molecule is C(#CCN1c2ccccc2Sc2ccccc21)CN1CCCC1. The van der Waals surface area contributed by atoms with Crippen molar-refractivity contribution in [3.63, 3.8) is 0 Å². The molecule has 0 aliphatic carbocycles. The lowest BCUT2D eigenvalue weighted by Gasteiger charge is -2.31. The van der Waals surface area contributed by atoms with E-state index in [1.807, 2.05) is 11.8 Å². The minimum atomic E-state index is 0.752. The molecule has 23 heavy (non-hydrogen) atoms. The molecule has 1 saturated heterocycles. The van der Waals surface area contributed by atoms with Crippen LogP contribution >= 0.6 is 11.8 Å². The number of rotatable bonds is 2. The van der Waals surface area contributed by atoms with E-state index >= 15 is 0 Å². The van der Waals surface area contributed by atoms with Gasteiger partial charge in [-0.1, -0.05) is 47.9 Å². The number of benzene rings is 2. The van der Waals surface area contributed by atoms with E-state index in [1.165, 1.54) is 47.1 Å². The standard InChI is InChI=1S/C20H20N2S/c1-3-11-19-17(9-1)22(18-10-2-4-12-20(18)23-19)16-8-7-15-21-13-5-6-14-21/h1-4,9-12H,5-6,13-16H2. The molecule has 3 heteroatoms. The lowest BCUT2D eigenvalue weighted by molar-refractivity contribution is 0.383. The highest BCUT2D eigenvalue weighted by Gasteiger charge is 2.21. The maximum atomic E-state index is 3.39. The lowest BCUT2D eigenvalue weighted by atomic mass is 10.2. The van der Waals surface area contributed by atoms with Gasteiger partial charge in [0.2, 0.25) is 0 Å². The van der Waals surface area contributed by atoms with Gasteiger partial charge in [0.25, 0.3) is 0 Å². The molecule has 0 aromatic heterocycles. The minimum absolute atomic E-state index is 0.752. The second-order valence-corrected chi connectivity index (χ2v) is 7.04. The van der Waals surface area contributed by atoms with E-state index in [9.17, 15) is 0 Å². The highest BCUT2D eigenvalue weighted by molar-refractivity contribution is 7.99. The van der Waals surface area contributed by atoms with Gasteiger partial charge in [0.15, 0.2) is 0 Å². The van der Waals surface area contributed by atoms with Crippen molar-refractivity contribution in [2.75, 3.05) is 31.1 Å². The second kappa shape index (κ2) is 6.70. The van der Waals surface area contributed by atoms with Crippen LogP contribution in [-0.2, 0) is 0 Å². The molecule has 0 radical (unpaired) electrons. The number of hydrogen-bond donors (Lipinski definition) is 0. The van der Waals surface area contributed by atoms with E-state index in [1.54, 1.807) is 0 Å². The van der Waals surface area contributed by atoms with E-state index in [0.717, 1.165) is 13.1 Å². The molecule has 2 aliphatic heterocycles. The largest absolute Gasteiger partial charge is 0.328 e. The number of likely N-dealkylation sites (tertiary alicyclic amines) is 1. The molecule has 2 aliphatic rings. The Labute approximate surface area is 142 Å². The fraction of sp³-hybridized carbons (Fsp3) is 0.300. The zero-order valence-electron chi connectivity index (χ0n) is 13.2. The van der Waals surface area contributed by atoms with Crippen LogP contribution in [-0.4, -0.2) is 31.1 Å². The van der Waals surface area contributed by atoms with Gasteiger partial charge in [0, 0.05) is 9.79 Å². The van der Waals surface area contributed by atoms with Crippen LogP contribution in [0.3, 0.4) is 0 Å². The van der Waals surface area contributed by atoms with Crippen molar-refractivity contribution in [1.29, 1.82) is 0 Å². The maximum Gasteiger partial charge on any atom is 0.0844 e. The van der Waals surface area contributed by atoms with E-state index in [2.05, 4.69) is 70.2 Å². The molecule has 116 valence electrons. The van der Waals surface area contributed by atoms with Gasteiger partial charge < -0.3 is 4.90 Å². The van der Waals surface area contributed by atoms with Crippen molar-refractivity contribution in [3.8, 4) is 11.8 Å². The summed E-state index contributed by atoms with van der Waals surface area (Å²) < 4.78 is 0. The van der Waals surface area contributed by atoms with Crippen molar-refractivity contribution < 1.29 is 0 Å². The normalized spacial score (nSPS) is 16.4. The molecule has 0 amide bonds. The third-order valence-electron chi connectivity index (χ3n) is 4.40. The predicted octanol–water partition coefficient (Wildman–Crippen LogP) is 4.39. The molecule has 1 fully saturated rings. The molecular formula is C20H20N2S. The van der Waals surface area contributed by atoms with Crippen molar-refractivity contribution in [3.05, 3.63) is 48.5 Å². The van der Waals surface area contributed by atoms with Crippen LogP contribution in [0.25, 0.3) is 0 Å². The summed E-state index contributed by atoms with van der Waals surface area (Å²) >= 11 is 1.85. The average Bonchev–Trinajstić information content (AvgIpc) is 3.11. The molecule has 0 atom stereocenters. The summed E-state index contributed by atoms with van der Waals surface area (Å²) in [7, 11) is 0. The third-order valence-corrected chi connectivity index (χ3v) is 5.53. The second-order valence-electron chi connectivity index (χ2n) is 5.96. The highest BCUT2D eigenvalue weighted by atomic mass is 32.2. The predicted molar refractivity (Wildman–Crippen MR) is 97.5 cm³/mol. The van der Waals surface area contributed by atoms with Crippen LogP contribution in [0.4, 0.5) is 11.4 Å². The number of fused-ring (bicyclic) bond motifs is 2. The number of anilines is 2. The van der Waals surface area contributed by atoms with Gasteiger partial charge in [-0.2, -0.15) is 0 Å². The molecule has 0 saturated carbocycles. The fourth-order valence-electron chi connectivity index (χ4n) is 3.19. The van der Waals surface area contributed by atoms with Crippen molar-refractivity contribution in [1.82, 2.24) is 4.90 Å². The molecule has 0 unspecified atom stereocenters. The summed E-state index contributed by atoms with van der Waals surface area (Å²) in [6, 6.07) is 17.2. The first-order valence-electron chi connectivity index (χ1n) is 8.23. The highest BCUT2D eigenvalue weighted by Crippen LogP contribution is 2.47. The quantitative estimate of drug-likeness (QED) is 0.758. The molecule has 2 aromatic rings. The summed E-state index contributed by atoms with van der Waals surface area (Å²) in [4.78, 5) is 7.42. The van der Waals surface area contributed by atoms with Crippen molar-refractivity contribution in [2.24, 2.45) is 0 Å². The Morgan fingerprint density at radius 1 is 0.783 bits per heavy atom. The molecular weight excluding hydrogens is 300 g/mol.